The van der Waals surface area contributed by atoms with Crippen LogP contribution in [-0.4, -0.2) is 26.4 Å². The van der Waals surface area contributed by atoms with E-state index in [0.717, 1.165) is 0 Å². The van der Waals surface area contributed by atoms with Gasteiger partial charge in [-0.3, -0.25) is 14.8 Å². The van der Waals surface area contributed by atoms with Crippen molar-refractivity contribution in [3.63, 3.8) is 0 Å². The smallest absolute Gasteiger partial charge is 0.269 e. The Kier molecular flexibility index (Phi) is 3.71. The van der Waals surface area contributed by atoms with Gasteiger partial charge in [-0.25, -0.2) is 0 Å². The van der Waals surface area contributed by atoms with Crippen LogP contribution in [0.25, 0.3) is 0 Å². The van der Waals surface area contributed by atoms with Crippen molar-refractivity contribution in [3.05, 3.63) is 52.3 Å². The molecule has 0 aliphatic carbocycles. The fraction of sp³-hybridized carbons (Fsp3) is 0.308. The largest absolute Gasteiger partial charge is 0.383 e. The maximum Gasteiger partial charge on any atom is 0.269 e. The standard InChI is InChI=1S/C13H16N4O3/c1-13(18,10-7-15-16(2)8-10)9-14-11-3-5-12(6-4-11)17(19)20/h3-8,14,18H,9H2,1-2H3/t13-/m0/s1. The van der Waals surface area contributed by atoms with E-state index in [4.69, 9.17) is 0 Å². The molecule has 0 fully saturated rings. The van der Waals surface area contributed by atoms with Crippen molar-refractivity contribution in [1.82, 2.24) is 9.78 Å². The van der Waals surface area contributed by atoms with E-state index < -0.39 is 10.5 Å². The SMILES string of the molecule is Cn1cc([C@@](C)(O)CNc2ccc([N+](=O)[O-])cc2)cn1. The van der Waals surface area contributed by atoms with Crippen LogP contribution in [0.2, 0.25) is 0 Å². The molecule has 2 N–H and O–H groups in total. The second kappa shape index (κ2) is 5.30. The fourth-order valence-corrected chi connectivity index (χ4v) is 1.78. The molecule has 0 aliphatic rings. The van der Waals surface area contributed by atoms with Gasteiger partial charge in [0.2, 0.25) is 0 Å². The summed E-state index contributed by atoms with van der Waals surface area (Å²) in [5, 5.41) is 28.0. The van der Waals surface area contributed by atoms with Gasteiger partial charge in [-0.1, -0.05) is 0 Å². The first-order chi connectivity index (χ1) is 9.38. The van der Waals surface area contributed by atoms with Crippen LogP contribution in [0.5, 0.6) is 0 Å². The van der Waals surface area contributed by atoms with Crippen LogP contribution >= 0.6 is 0 Å². The van der Waals surface area contributed by atoms with E-state index >= 15 is 0 Å². The van der Waals surface area contributed by atoms with Gasteiger partial charge in [-0.2, -0.15) is 5.10 Å². The number of nitro benzene ring substituents is 1. The van der Waals surface area contributed by atoms with Crippen molar-refractivity contribution in [2.45, 2.75) is 12.5 Å². The molecular formula is C13H16N4O3. The highest BCUT2D eigenvalue weighted by atomic mass is 16.6. The average Bonchev–Trinajstić information content (AvgIpc) is 2.84. The van der Waals surface area contributed by atoms with Crippen molar-refractivity contribution < 1.29 is 10.0 Å². The topological polar surface area (TPSA) is 93.2 Å². The molecule has 7 nitrogen and oxygen atoms in total. The zero-order valence-corrected chi connectivity index (χ0v) is 11.3. The normalized spacial score (nSPS) is 13.8. The van der Waals surface area contributed by atoms with Crippen molar-refractivity contribution in [1.29, 1.82) is 0 Å². The van der Waals surface area contributed by atoms with Gasteiger partial charge in [0.05, 0.1) is 11.1 Å². The molecule has 106 valence electrons. The molecule has 1 aromatic heterocycles. The van der Waals surface area contributed by atoms with Crippen LogP contribution in [0.3, 0.4) is 0 Å². The first kappa shape index (κ1) is 14.0. The van der Waals surface area contributed by atoms with Crippen molar-refractivity contribution in [2.75, 3.05) is 11.9 Å². The van der Waals surface area contributed by atoms with E-state index in [9.17, 15) is 15.2 Å². The maximum absolute atomic E-state index is 10.6. The van der Waals surface area contributed by atoms with Gasteiger partial charge in [0, 0.05) is 43.2 Å². The Morgan fingerprint density at radius 2 is 2.10 bits per heavy atom. The number of nitro groups is 1. The van der Waals surface area contributed by atoms with Gasteiger partial charge in [0.1, 0.15) is 5.60 Å². The summed E-state index contributed by atoms with van der Waals surface area (Å²) in [6, 6.07) is 6.05. The molecule has 2 aromatic rings. The van der Waals surface area contributed by atoms with Crippen molar-refractivity contribution in [2.24, 2.45) is 7.05 Å². The van der Waals surface area contributed by atoms with Crippen LogP contribution in [0, 0.1) is 10.1 Å². The summed E-state index contributed by atoms with van der Waals surface area (Å²) < 4.78 is 1.62. The van der Waals surface area contributed by atoms with Crippen molar-refractivity contribution >= 4 is 11.4 Å². The zero-order valence-electron chi connectivity index (χ0n) is 11.3. The van der Waals surface area contributed by atoms with Crippen LogP contribution in [0.1, 0.15) is 12.5 Å². The Morgan fingerprint density at radius 1 is 1.45 bits per heavy atom. The number of anilines is 1. The van der Waals surface area contributed by atoms with Gasteiger partial charge in [-0.15, -0.1) is 0 Å². The average molecular weight is 276 g/mol. The van der Waals surface area contributed by atoms with E-state index in [-0.39, 0.29) is 12.2 Å². The predicted octanol–water partition coefficient (Wildman–Crippen LogP) is 1.65. The molecule has 1 aromatic carbocycles. The van der Waals surface area contributed by atoms with Gasteiger partial charge in [-0.05, 0) is 19.1 Å². The van der Waals surface area contributed by atoms with E-state index in [1.807, 2.05) is 0 Å². The molecule has 1 heterocycles. The second-order valence-electron chi connectivity index (χ2n) is 4.83. The van der Waals surface area contributed by atoms with Gasteiger partial charge in [0.25, 0.3) is 5.69 Å². The number of non-ortho nitro benzene ring substituents is 1. The minimum atomic E-state index is -1.07. The lowest BCUT2D eigenvalue weighted by Crippen LogP contribution is -2.30. The molecule has 0 saturated heterocycles. The van der Waals surface area contributed by atoms with Crippen LogP contribution in [-0.2, 0) is 12.6 Å². The third-order valence-corrected chi connectivity index (χ3v) is 3.04. The lowest BCUT2D eigenvalue weighted by Gasteiger charge is -2.22. The van der Waals surface area contributed by atoms with Gasteiger partial charge < -0.3 is 10.4 Å². The summed E-state index contributed by atoms with van der Waals surface area (Å²) in [4.78, 5) is 10.1. The molecule has 0 saturated carbocycles. The molecule has 0 spiro atoms. The summed E-state index contributed by atoms with van der Waals surface area (Å²) in [6.07, 6.45) is 3.36. The summed E-state index contributed by atoms with van der Waals surface area (Å²) in [6.45, 7) is 1.96. The van der Waals surface area contributed by atoms with E-state index in [1.54, 1.807) is 43.2 Å². The van der Waals surface area contributed by atoms with Crippen LogP contribution < -0.4 is 5.32 Å². The molecule has 1 atom stereocenters. The zero-order chi connectivity index (χ0) is 14.8. The van der Waals surface area contributed by atoms with Gasteiger partial charge >= 0.3 is 0 Å². The highest BCUT2D eigenvalue weighted by Gasteiger charge is 2.24. The monoisotopic (exact) mass is 276 g/mol. The Labute approximate surface area is 116 Å². The molecular weight excluding hydrogens is 260 g/mol. The van der Waals surface area contributed by atoms with Gasteiger partial charge in [0.15, 0.2) is 0 Å². The quantitative estimate of drug-likeness (QED) is 0.639. The number of benzene rings is 1. The minimum Gasteiger partial charge on any atom is -0.383 e. The Morgan fingerprint density at radius 3 is 2.60 bits per heavy atom. The summed E-state index contributed by atoms with van der Waals surface area (Å²) in [5.41, 5.74) is 0.375. The number of aromatic nitrogens is 2. The minimum absolute atomic E-state index is 0.0366. The fourth-order valence-electron chi connectivity index (χ4n) is 1.78. The van der Waals surface area contributed by atoms with Crippen LogP contribution in [0.15, 0.2) is 36.7 Å². The highest BCUT2D eigenvalue weighted by Crippen LogP contribution is 2.21. The lowest BCUT2D eigenvalue weighted by atomic mass is 9.99. The predicted molar refractivity (Wildman–Crippen MR) is 74.4 cm³/mol. The summed E-state index contributed by atoms with van der Waals surface area (Å²) in [5.74, 6) is 0. The van der Waals surface area contributed by atoms with E-state index in [0.29, 0.717) is 11.3 Å². The number of hydrogen-bond donors (Lipinski definition) is 2. The number of nitrogens with one attached hydrogen (secondary N) is 1. The molecule has 0 unspecified atom stereocenters. The number of aliphatic hydroxyl groups is 1. The molecule has 0 amide bonds. The number of rotatable bonds is 5. The first-order valence-corrected chi connectivity index (χ1v) is 6.08. The third-order valence-electron chi connectivity index (χ3n) is 3.04. The summed E-state index contributed by atoms with van der Waals surface area (Å²) >= 11 is 0. The Hall–Kier alpha value is -2.41. The number of aryl methyl sites for hydroxylation is 1. The summed E-state index contributed by atoms with van der Waals surface area (Å²) in [7, 11) is 1.78. The van der Waals surface area contributed by atoms with Crippen LogP contribution in [0.4, 0.5) is 11.4 Å². The first-order valence-electron chi connectivity index (χ1n) is 6.08. The number of nitrogens with zero attached hydrogens (tertiary/aromatic N) is 3. The molecule has 2 rings (SSSR count). The van der Waals surface area contributed by atoms with E-state index in [2.05, 4.69) is 10.4 Å². The van der Waals surface area contributed by atoms with Crippen molar-refractivity contribution in [3.8, 4) is 0 Å². The molecule has 0 aliphatic heterocycles. The molecule has 20 heavy (non-hydrogen) atoms. The molecule has 0 bridgehead atoms. The maximum atomic E-state index is 10.6. The molecule has 7 heteroatoms. The van der Waals surface area contributed by atoms with E-state index in [1.165, 1.54) is 12.1 Å². The number of hydrogen-bond acceptors (Lipinski definition) is 5. The second-order valence-corrected chi connectivity index (χ2v) is 4.83. The Bertz CT molecular complexity index is 604. The molecule has 0 radical (unpaired) electrons. The highest BCUT2D eigenvalue weighted by molar-refractivity contribution is 5.48. The Balaban J connectivity index is 2.02. The lowest BCUT2D eigenvalue weighted by molar-refractivity contribution is -0.384. The third kappa shape index (κ3) is 3.12.